The van der Waals surface area contributed by atoms with Gasteiger partial charge in [-0.3, -0.25) is 14.4 Å². The first-order valence-corrected chi connectivity index (χ1v) is 14.8. The third kappa shape index (κ3) is 7.19. The molecule has 2 bridgehead atoms. The van der Waals surface area contributed by atoms with Gasteiger partial charge in [-0.2, -0.15) is 0 Å². The van der Waals surface area contributed by atoms with Gasteiger partial charge in [0.25, 0.3) is 5.91 Å². The van der Waals surface area contributed by atoms with E-state index >= 15 is 0 Å². The lowest BCUT2D eigenvalue weighted by atomic mass is 9.80. The second-order valence-corrected chi connectivity index (χ2v) is 11.5. The zero-order valence-corrected chi connectivity index (χ0v) is 24.3. The van der Waals surface area contributed by atoms with Crippen molar-refractivity contribution in [1.29, 1.82) is 0 Å². The Morgan fingerprint density at radius 1 is 0.927 bits per heavy atom. The Morgan fingerprint density at radius 3 is 2.44 bits per heavy atom. The Kier molecular flexibility index (Phi) is 9.44. The molecule has 0 unspecified atom stereocenters. The molecule has 2 atom stereocenters. The predicted molar refractivity (Wildman–Crippen MR) is 156 cm³/mol. The molecule has 3 heterocycles. The molecule has 3 aliphatic rings. The van der Waals surface area contributed by atoms with E-state index in [-0.39, 0.29) is 42.6 Å². The van der Waals surface area contributed by atoms with Gasteiger partial charge in [0.1, 0.15) is 18.0 Å². The SMILES string of the molecule is COc1ccc(C(=O)N2CC(=O)N3CC[C@@H](CC(=O)N4CCN(C)CC4)[C@@H](CCCOc4ccccc4C2)C3)cc1. The summed E-state index contributed by atoms with van der Waals surface area (Å²) >= 11 is 0. The number of hydrogen-bond donors (Lipinski definition) is 0. The average molecular weight is 563 g/mol. The number of para-hydroxylation sites is 1. The van der Waals surface area contributed by atoms with Crippen LogP contribution in [0.2, 0.25) is 0 Å². The van der Waals surface area contributed by atoms with Gasteiger partial charge in [-0.05, 0) is 68.5 Å². The molecule has 0 saturated carbocycles. The number of likely N-dealkylation sites (N-methyl/N-ethyl adjacent to an activating group) is 1. The van der Waals surface area contributed by atoms with Crippen molar-refractivity contribution in [3.05, 3.63) is 59.7 Å². The van der Waals surface area contributed by atoms with E-state index in [0.29, 0.717) is 37.4 Å². The van der Waals surface area contributed by atoms with E-state index < -0.39 is 0 Å². The number of piperazine rings is 1. The highest BCUT2D eigenvalue weighted by Gasteiger charge is 2.35. The van der Waals surface area contributed by atoms with Gasteiger partial charge in [0.2, 0.25) is 11.8 Å². The smallest absolute Gasteiger partial charge is 0.254 e. The summed E-state index contributed by atoms with van der Waals surface area (Å²) in [5, 5.41) is 0. The van der Waals surface area contributed by atoms with Crippen molar-refractivity contribution in [3.63, 3.8) is 0 Å². The molecule has 2 aromatic rings. The van der Waals surface area contributed by atoms with Crippen LogP contribution in [0, 0.1) is 11.8 Å². The maximum atomic E-state index is 13.7. The molecule has 2 fully saturated rings. The molecule has 9 nitrogen and oxygen atoms in total. The zero-order valence-electron chi connectivity index (χ0n) is 24.3. The molecule has 0 radical (unpaired) electrons. The van der Waals surface area contributed by atoms with Crippen molar-refractivity contribution in [3.8, 4) is 11.5 Å². The number of piperidine rings is 1. The molecular formula is C32H42N4O5. The fourth-order valence-corrected chi connectivity index (χ4v) is 6.20. The lowest BCUT2D eigenvalue weighted by molar-refractivity contribution is -0.137. The number of amides is 3. The number of nitrogens with zero attached hydrogens (tertiary/aromatic N) is 4. The van der Waals surface area contributed by atoms with Crippen LogP contribution >= 0.6 is 0 Å². The van der Waals surface area contributed by atoms with Crippen molar-refractivity contribution >= 4 is 17.7 Å². The second-order valence-electron chi connectivity index (χ2n) is 11.5. The van der Waals surface area contributed by atoms with Crippen LogP contribution in [0.4, 0.5) is 0 Å². The van der Waals surface area contributed by atoms with Crippen molar-refractivity contribution in [1.82, 2.24) is 19.6 Å². The van der Waals surface area contributed by atoms with Gasteiger partial charge in [-0.1, -0.05) is 18.2 Å². The quantitative estimate of drug-likeness (QED) is 0.570. The highest BCUT2D eigenvalue weighted by molar-refractivity contribution is 5.96. The van der Waals surface area contributed by atoms with Crippen LogP contribution in [0.15, 0.2) is 48.5 Å². The van der Waals surface area contributed by atoms with Crippen LogP contribution in [0.5, 0.6) is 11.5 Å². The van der Waals surface area contributed by atoms with E-state index in [4.69, 9.17) is 9.47 Å². The van der Waals surface area contributed by atoms with Crippen LogP contribution in [0.1, 0.15) is 41.6 Å². The minimum atomic E-state index is -0.213. The van der Waals surface area contributed by atoms with Crippen LogP contribution in [0.25, 0.3) is 0 Å². The molecule has 0 N–H and O–H groups in total. The number of hydrogen-bond acceptors (Lipinski definition) is 6. The number of rotatable bonds is 4. The van der Waals surface area contributed by atoms with Crippen LogP contribution in [0.3, 0.4) is 0 Å². The molecule has 0 aromatic heterocycles. The summed E-state index contributed by atoms with van der Waals surface area (Å²) in [5.74, 6) is 1.81. The van der Waals surface area contributed by atoms with Gasteiger partial charge < -0.3 is 29.1 Å². The molecular weight excluding hydrogens is 520 g/mol. The second kappa shape index (κ2) is 13.4. The van der Waals surface area contributed by atoms with E-state index in [1.165, 1.54) is 0 Å². The van der Waals surface area contributed by atoms with E-state index in [0.717, 1.165) is 56.8 Å². The van der Waals surface area contributed by atoms with Crippen molar-refractivity contribution < 1.29 is 23.9 Å². The molecule has 3 aliphatic heterocycles. The number of carbonyl (C=O) groups is 3. The number of benzene rings is 2. The molecule has 41 heavy (non-hydrogen) atoms. The van der Waals surface area contributed by atoms with E-state index in [2.05, 4.69) is 11.9 Å². The maximum Gasteiger partial charge on any atom is 0.254 e. The van der Waals surface area contributed by atoms with Crippen molar-refractivity contribution in [2.45, 2.75) is 32.2 Å². The molecule has 0 aliphatic carbocycles. The van der Waals surface area contributed by atoms with Crippen LogP contribution < -0.4 is 9.47 Å². The number of methoxy groups -OCH3 is 1. The largest absolute Gasteiger partial charge is 0.497 e. The molecule has 2 saturated heterocycles. The summed E-state index contributed by atoms with van der Waals surface area (Å²) in [7, 11) is 3.68. The normalized spacial score (nSPS) is 22.5. The van der Waals surface area contributed by atoms with E-state index in [1.807, 2.05) is 34.1 Å². The zero-order chi connectivity index (χ0) is 28.8. The predicted octanol–water partition coefficient (Wildman–Crippen LogP) is 3.14. The summed E-state index contributed by atoms with van der Waals surface area (Å²) in [6, 6.07) is 14.7. The lowest BCUT2D eigenvalue weighted by Crippen LogP contribution is -2.50. The third-order valence-electron chi connectivity index (χ3n) is 8.80. The third-order valence-corrected chi connectivity index (χ3v) is 8.80. The Hall–Kier alpha value is -3.59. The number of carbonyl (C=O) groups excluding carboxylic acids is 3. The number of ether oxygens (including phenoxy) is 2. The van der Waals surface area contributed by atoms with Crippen LogP contribution in [-0.4, -0.2) is 104 Å². The summed E-state index contributed by atoms with van der Waals surface area (Å²) in [4.78, 5) is 48.4. The van der Waals surface area contributed by atoms with Gasteiger partial charge in [-0.15, -0.1) is 0 Å². The topological polar surface area (TPSA) is 82.6 Å². The molecule has 0 spiro atoms. The molecule has 9 heteroatoms. The van der Waals surface area contributed by atoms with Gasteiger partial charge in [0.05, 0.1) is 20.3 Å². The van der Waals surface area contributed by atoms with E-state index in [1.54, 1.807) is 36.3 Å². The van der Waals surface area contributed by atoms with E-state index in [9.17, 15) is 14.4 Å². The standard InChI is InChI=1S/C32H42N4O5/c1-33-15-17-34(18-16-33)30(37)20-25-13-14-35-21-26(25)7-5-19-41-29-8-4-3-6-27(29)22-36(23-31(35)38)32(39)24-9-11-28(40-2)12-10-24/h3-4,6,8-12,25-26H,5,7,13-23H2,1-2H3/t25-,26-/m0/s1. The Morgan fingerprint density at radius 2 is 1.68 bits per heavy atom. The molecule has 3 amide bonds. The monoisotopic (exact) mass is 562 g/mol. The minimum absolute atomic E-state index is 0.0171. The fraction of sp³-hybridized carbons (Fsp3) is 0.531. The summed E-state index contributed by atoms with van der Waals surface area (Å²) in [5.41, 5.74) is 1.37. The summed E-state index contributed by atoms with van der Waals surface area (Å²) < 4.78 is 11.5. The van der Waals surface area contributed by atoms with Crippen molar-refractivity contribution in [2.24, 2.45) is 11.8 Å². The van der Waals surface area contributed by atoms with Gasteiger partial charge in [-0.25, -0.2) is 0 Å². The van der Waals surface area contributed by atoms with Crippen molar-refractivity contribution in [2.75, 3.05) is 66.6 Å². The molecule has 5 rings (SSSR count). The molecule has 220 valence electrons. The Balaban J connectivity index is 1.34. The first-order valence-electron chi connectivity index (χ1n) is 14.8. The first-order chi connectivity index (χ1) is 19.9. The summed E-state index contributed by atoms with van der Waals surface area (Å²) in [6.45, 7) is 5.39. The highest BCUT2D eigenvalue weighted by atomic mass is 16.5. The van der Waals surface area contributed by atoms with Crippen LogP contribution in [-0.2, 0) is 16.1 Å². The minimum Gasteiger partial charge on any atom is -0.497 e. The first kappa shape index (κ1) is 28.9. The number of fused-ring (bicyclic) bond motifs is 3. The average Bonchev–Trinajstić information content (AvgIpc) is 3.00. The van der Waals surface area contributed by atoms with Gasteiger partial charge >= 0.3 is 0 Å². The lowest BCUT2D eigenvalue weighted by Gasteiger charge is -2.40. The van der Waals surface area contributed by atoms with Gasteiger partial charge in [0, 0.05) is 56.8 Å². The maximum absolute atomic E-state index is 13.7. The Labute approximate surface area is 243 Å². The highest BCUT2D eigenvalue weighted by Crippen LogP contribution is 2.32. The van der Waals surface area contributed by atoms with Gasteiger partial charge in [0.15, 0.2) is 0 Å². The summed E-state index contributed by atoms with van der Waals surface area (Å²) in [6.07, 6.45) is 3.06. The molecule has 2 aromatic carbocycles. The fourth-order valence-electron chi connectivity index (χ4n) is 6.20. The Bertz CT molecular complexity index is 1210.